The number of halogens is 1. The van der Waals surface area contributed by atoms with Crippen molar-refractivity contribution in [2.45, 2.75) is 6.92 Å². The first-order chi connectivity index (χ1) is 14.8. The van der Waals surface area contributed by atoms with E-state index in [-0.39, 0.29) is 22.9 Å². The minimum Gasteiger partial charge on any atom is -0.334 e. The van der Waals surface area contributed by atoms with Crippen LogP contribution in [-0.2, 0) is 0 Å². The number of carbonyl (C=O) groups is 1. The molecule has 31 heavy (non-hydrogen) atoms. The van der Waals surface area contributed by atoms with Gasteiger partial charge in [-0.15, -0.1) is 0 Å². The molecule has 1 amide bonds. The number of anilines is 3. The van der Waals surface area contributed by atoms with Crippen LogP contribution < -0.4 is 16.2 Å². The minimum absolute atomic E-state index is 0.0219. The SMILES string of the molecule is Cc1c(Cl)cccc1Nc1ncnc(NNC(=O)c2cccc([N+](=O)[O-])c2)c1[N+](=O)[O-]. The Morgan fingerprint density at radius 1 is 1.03 bits per heavy atom. The molecule has 0 fully saturated rings. The van der Waals surface area contributed by atoms with Gasteiger partial charge in [0.25, 0.3) is 11.6 Å². The van der Waals surface area contributed by atoms with Gasteiger partial charge < -0.3 is 5.32 Å². The Hall–Kier alpha value is -4.32. The summed E-state index contributed by atoms with van der Waals surface area (Å²) in [5.41, 5.74) is 4.93. The van der Waals surface area contributed by atoms with Crippen LogP contribution in [0.2, 0.25) is 5.02 Å². The van der Waals surface area contributed by atoms with Crippen molar-refractivity contribution in [2.75, 3.05) is 10.7 Å². The van der Waals surface area contributed by atoms with Gasteiger partial charge in [-0.25, -0.2) is 9.97 Å². The van der Waals surface area contributed by atoms with E-state index >= 15 is 0 Å². The third-order valence-electron chi connectivity index (χ3n) is 4.14. The molecule has 0 saturated heterocycles. The molecule has 0 atom stereocenters. The zero-order valence-corrected chi connectivity index (χ0v) is 16.6. The van der Waals surface area contributed by atoms with E-state index in [1.165, 1.54) is 18.2 Å². The van der Waals surface area contributed by atoms with Gasteiger partial charge in [-0.3, -0.25) is 35.9 Å². The van der Waals surface area contributed by atoms with Gasteiger partial charge in [-0.05, 0) is 30.7 Å². The number of nitrogens with zero attached hydrogens (tertiary/aromatic N) is 4. The summed E-state index contributed by atoms with van der Waals surface area (Å²) < 4.78 is 0. The Balaban J connectivity index is 1.85. The molecule has 0 radical (unpaired) electrons. The summed E-state index contributed by atoms with van der Waals surface area (Å²) in [7, 11) is 0. The predicted molar refractivity (Wildman–Crippen MR) is 112 cm³/mol. The average Bonchev–Trinajstić information content (AvgIpc) is 2.75. The van der Waals surface area contributed by atoms with Gasteiger partial charge in [-0.1, -0.05) is 23.7 Å². The van der Waals surface area contributed by atoms with Gasteiger partial charge in [0, 0.05) is 28.4 Å². The fourth-order valence-electron chi connectivity index (χ4n) is 2.55. The van der Waals surface area contributed by atoms with Gasteiger partial charge in [0.1, 0.15) is 6.33 Å². The summed E-state index contributed by atoms with van der Waals surface area (Å²) >= 11 is 6.08. The van der Waals surface area contributed by atoms with E-state index in [0.717, 1.165) is 12.4 Å². The Morgan fingerprint density at radius 2 is 1.74 bits per heavy atom. The molecular weight excluding hydrogens is 430 g/mol. The monoisotopic (exact) mass is 443 g/mol. The second-order valence-corrected chi connectivity index (χ2v) is 6.51. The number of carbonyl (C=O) groups excluding carboxylic acids is 1. The van der Waals surface area contributed by atoms with E-state index in [9.17, 15) is 25.0 Å². The first-order valence-electron chi connectivity index (χ1n) is 8.60. The van der Waals surface area contributed by atoms with Crippen LogP contribution in [0.1, 0.15) is 15.9 Å². The summed E-state index contributed by atoms with van der Waals surface area (Å²) in [6.45, 7) is 1.73. The number of hydrazine groups is 1. The van der Waals surface area contributed by atoms with Gasteiger partial charge in [0.2, 0.25) is 11.6 Å². The lowest BCUT2D eigenvalue weighted by Gasteiger charge is -2.12. The first-order valence-corrected chi connectivity index (χ1v) is 8.98. The number of nitro benzene ring substituents is 1. The number of nitrogens with one attached hydrogen (secondary N) is 3. The van der Waals surface area contributed by atoms with Gasteiger partial charge in [0.05, 0.1) is 9.85 Å². The second-order valence-electron chi connectivity index (χ2n) is 6.10. The number of hydrogen-bond acceptors (Lipinski definition) is 9. The molecule has 3 aromatic rings. The fourth-order valence-corrected chi connectivity index (χ4v) is 2.73. The minimum atomic E-state index is -0.753. The van der Waals surface area contributed by atoms with Crippen molar-refractivity contribution >= 4 is 46.2 Å². The van der Waals surface area contributed by atoms with Crippen LogP contribution in [0.15, 0.2) is 48.8 Å². The highest BCUT2D eigenvalue weighted by Crippen LogP contribution is 2.33. The first kappa shape index (κ1) is 21.4. The highest BCUT2D eigenvalue weighted by Gasteiger charge is 2.24. The lowest BCUT2D eigenvalue weighted by atomic mass is 10.2. The van der Waals surface area contributed by atoms with E-state index < -0.39 is 21.4 Å². The number of non-ortho nitro benzene ring substituents is 1. The van der Waals surface area contributed by atoms with Crippen LogP contribution >= 0.6 is 11.6 Å². The Bertz CT molecular complexity index is 1190. The smallest absolute Gasteiger partial charge is 0.334 e. The third-order valence-corrected chi connectivity index (χ3v) is 4.55. The maximum Gasteiger partial charge on any atom is 0.355 e. The predicted octanol–water partition coefficient (Wildman–Crippen LogP) is 3.76. The molecular formula is C18H14ClN7O5. The number of rotatable bonds is 7. The molecule has 2 aromatic carbocycles. The summed E-state index contributed by atoms with van der Waals surface area (Å²) in [6, 6.07) is 10.0. The largest absolute Gasteiger partial charge is 0.355 e. The number of benzene rings is 2. The molecule has 1 aromatic heterocycles. The van der Waals surface area contributed by atoms with E-state index in [4.69, 9.17) is 11.6 Å². The van der Waals surface area contributed by atoms with Crippen LogP contribution in [0.25, 0.3) is 0 Å². The summed E-state index contributed by atoms with van der Waals surface area (Å²) in [4.78, 5) is 41.1. The van der Waals surface area contributed by atoms with Crippen LogP contribution in [0.4, 0.5) is 28.7 Å². The molecule has 3 N–H and O–H groups in total. The van der Waals surface area contributed by atoms with E-state index in [0.29, 0.717) is 16.3 Å². The van der Waals surface area contributed by atoms with Crippen LogP contribution in [-0.4, -0.2) is 25.7 Å². The number of amides is 1. The number of hydrogen-bond donors (Lipinski definition) is 3. The third kappa shape index (κ3) is 4.82. The van der Waals surface area contributed by atoms with E-state index in [1.54, 1.807) is 25.1 Å². The molecule has 158 valence electrons. The molecule has 0 aliphatic heterocycles. The standard InChI is InChI=1S/C18H14ClN7O5/c1-10-13(19)6-3-7-14(10)22-16-15(26(30)31)17(21-9-20-16)23-24-18(27)11-4-2-5-12(8-11)25(28)29/h2-9H,1H3,(H,24,27)(H2,20,21,22,23). The second kappa shape index (κ2) is 9.00. The lowest BCUT2D eigenvalue weighted by molar-refractivity contribution is -0.384. The highest BCUT2D eigenvalue weighted by molar-refractivity contribution is 6.31. The van der Waals surface area contributed by atoms with Crippen LogP contribution in [0.5, 0.6) is 0 Å². The van der Waals surface area contributed by atoms with Crippen molar-refractivity contribution < 1.29 is 14.6 Å². The molecule has 12 nitrogen and oxygen atoms in total. The molecule has 1 heterocycles. The van der Waals surface area contributed by atoms with Crippen molar-refractivity contribution in [1.82, 2.24) is 15.4 Å². The van der Waals surface area contributed by atoms with Gasteiger partial charge >= 0.3 is 5.69 Å². The van der Waals surface area contributed by atoms with Crippen molar-refractivity contribution in [1.29, 1.82) is 0 Å². The zero-order chi connectivity index (χ0) is 22.5. The van der Waals surface area contributed by atoms with E-state index in [1.807, 2.05) is 0 Å². The maximum absolute atomic E-state index is 12.3. The highest BCUT2D eigenvalue weighted by atomic mass is 35.5. The molecule has 0 unspecified atom stereocenters. The molecule has 0 spiro atoms. The summed E-state index contributed by atoms with van der Waals surface area (Å²) in [5, 5.41) is 25.8. The Morgan fingerprint density at radius 3 is 2.45 bits per heavy atom. The topological polar surface area (TPSA) is 165 Å². The Labute approximate surface area is 179 Å². The quantitative estimate of drug-likeness (QED) is 0.364. The normalized spacial score (nSPS) is 10.3. The Kier molecular flexibility index (Phi) is 6.21. The van der Waals surface area contributed by atoms with Crippen molar-refractivity contribution in [3.8, 4) is 0 Å². The van der Waals surface area contributed by atoms with Crippen molar-refractivity contribution in [2.24, 2.45) is 0 Å². The number of aromatic nitrogens is 2. The molecule has 13 heteroatoms. The summed E-state index contributed by atoms with van der Waals surface area (Å²) in [5.74, 6) is -1.17. The summed E-state index contributed by atoms with van der Waals surface area (Å²) in [6.07, 6.45) is 1.07. The van der Waals surface area contributed by atoms with Crippen LogP contribution in [0, 0.1) is 27.2 Å². The van der Waals surface area contributed by atoms with Gasteiger partial charge in [-0.2, -0.15) is 0 Å². The van der Waals surface area contributed by atoms with Gasteiger partial charge in [0.15, 0.2) is 0 Å². The zero-order valence-electron chi connectivity index (χ0n) is 15.8. The average molecular weight is 444 g/mol. The molecule has 0 aliphatic carbocycles. The molecule has 0 saturated carbocycles. The lowest BCUT2D eigenvalue weighted by Crippen LogP contribution is -2.30. The number of nitro groups is 2. The molecule has 3 rings (SSSR count). The van der Waals surface area contributed by atoms with Crippen molar-refractivity contribution in [3.05, 3.63) is 85.2 Å². The van der Waals surface area contributed by atoms with Crippen molar-refractivity contribution in [3.63, 3.8) is 0 Å². The molecule has 0 aliphatic rings. The van der Waals surface area contributed by atoms with Crippen LogP contribution in [0.3, 0.4) is 0 Å². The van der Waals surface area contributed by atoms with E-state index in [2.05, 4.69) is 26.1 Å². The molecule has 0 bridgehead atoms. The fraction of sp³-hybridized carbons (Fsp3) is 0.0556. The maximum atomic E-state index is 12.3.